The van der Waals surface area contributed by atoms with Gasteiger partial charge in [0, 0.05) is 55.3 Å². The van der Waals surface area contributed by atoms with Crippen LogP contribution in [0.15, 0.2) is 30.5 Å². The first-order valence-corrected chi connectivity index (χ1v) is 9.61. The summed E-state index contributed by atoms with van der Waals surface area (Å²) in [6, 6.07) is 8.08. The summed E-state index contributed by atoms with van der Waals surface area (Å²) in [5, 5.41) is 4.07. The summed E-state index contributed by atoms with van der Waals surface area (Å²) < 4.78 is 2.24. The number of anilines is 1. The summed E-state index contributed by atoms with van der Waals surface area (Å²) in [7, 11) is 0. The molecule has 5 nitrogen and oxygen atoms in total. The molecule has 1 aromatic heterocycles. The first-order valence-electron chi connectivity index (χ1n) is 9.61. The summed E-state index contributed by atoms with van der Waals surface area (Å²) >= 11 is 0. The van der Waals surface area contributed by atoms with Crippen LogP contribution in [0.5, 0.6) is 0 Å². The zero-order valence-corrected chi connectivity index (χ0v) is 16.4. The van der Waals surface area contributed by atoms with Gasteiger partial charge in [-0.25, -0.2) is 0 Å². The molecule has 2 amide bonds. The van der Waals surface area contributed by atoms with Crippen LogP contribution in [0.25, 0.3) is 10.9 Å². The number of aromatic nitrogens is 1. The molecule has 0 saturated heterocycles. The zero-order chi connectivity index (χ0) is 19.1. The number of carbonyl (C=O) groups excluding carboxylic acids is 2. The minimum atomic E-state index is -0.0432. The third-order valence-corrected chi connectivity index (χ3v) is 4.53. The molecule has 0 aliphatic rings. The van der Waals surface area contributed by atoms with Crippen molar-refractivity contribution in [1.82, 2.24) is 9.47 Å². The van der Waals surface area contributed by atoms with Gasteiger partial charge in [0.15, 0.2) is 0 Å². The van der Waals surface area contributed by atoms with Gasteiger partial charge in [-0.1, -0.05) is 13.8 Å². The monoisotopic (exact) mass is 357 g/mol. The second-order valence-electron chi connectivity index (χ2n) is 7.10. The Bertz CT molecular complexity index is 745. The number of fused-ring (bicyclic) bond motifs is 1. The third kappa shape index (κ3) is 5.35. The Kier molecular flexibility index (Phi) is 7.25. The van der Waals surface area contributed by atoms with Crippen molar-refractivity contribution in [3.63, 3.8) is 0 Å². The molecular formula is C21H31N3O2. The smallest absolute Gasteiger partial charge is 0.224 e. The highest BCUT2D eigenvalue weighted by Crippen LogP contribution is 2.21. The van der Waals surface area contributed by atoms with Crippen LogP contribution in [0.3, 0.4) is 0 Å². The lowest BCUT2D eigenvalue weighted by Crippen LogP contribution is -2.30. The molecule has 5 heteroatoms. The summed E-state index contributed by atoms with van der Waals surface area (Å²) in [5.74, 6) is 0.665. The van der Waals surface area contributed by atoms with Gasteiger partial charge in [0.1, 0.15) is 0 Å². The predicted octanol–water partition coefficient (Wildman–Crippen LogP) is 4.27. The van der Waals surface area contributed by atoms with Crippen molar-refractivity contribution < 1.29 is 9.59 Å². The van der Waals surface area contributed by atoms with E-state index in [9.17, 15) is 9.59 Å². The van der Waals surface area contributed by atoms with Gasteiger partial charge in [0.05, 0.1) is 0 Å². The summed E-state index contributed by atoms with van der Waals surface area (Å²) in [5.41, 5.74) is 1.99. The molecule has 0 spiro atoms. The molecule has 2 rings (SSSR count). The highest BCUT2D eigenvalue weighted by molar-refractivity contribution is 5.94. The molecule has 0 saturated carbocycles. The Labute approximate surface area is 156 Å². The van der Waals surface area contributed by atoms with Crippen molar-refractivity contribution in [2.24, 2.45) is 5.92 Å². The number of carbonyl (C=O) groups is 2. The lowest BCUT2D eigenvalue weighted by molar-refractivity contribution is -0.130. The summed E-state index contributed by atoms with van der Waals surface area (Å²) in [6.07, 6.45) is 3.45. The number of nitrogens with one attached hydrogen (secondary N) is 1. The molecule has 1 heterocycles. The Morgan fingerprint density at radius 1 is 1.12 bits per heavy atom. The molecule has 0 aliphatic carbocycles. The Hall–Kier alpha value is -2.30. The molecule has 0 fully saturated rings. The predicted molar refractivity (Wildman–Crippen MR) is 107 cm³/mol. The molecule has 26 heavy (non-hydrogen) atoms. The van der Waals surface area contributed by atoms with Gasteiger partial charge in [-0.15, -0.1) is 0 Å². The molecule has 1 N–H and O–H groups in total. The van der Waals surface area contributed by atoms with Gasteiger partial charge in [-0.3, -0.25) is 9.59 Å². The zero-order valence-electron chi connectivity index (χ0n) is 16.4. The molecular weight excluding hydrogens is 326 g/mol. The standard InChI is InChI=1S/C21H31N3O2/c1-5-23(6-2)21(26)9-7-8-20(25)22-18-10-11-19-17(14-18)12-13-24(19)15-16(3)4/h10-14,16H,5-9,15H2,1-4H3,(H,22,25). The second-order valence-corrected chi connectivity index (χ2v) is 7.10. The van der Waals surface area contributed by atoms with Crippen molar-refractivity contribution in [3.05, 3.63) is 30.5 Å². The fourth-order valence-corrected chi connectivity index (χ4v) is 3.19. The van der Waals surface area contributed by atoms with E-state index in [4.69, 9.17) is 0 Å². The lowest BCUT2D eigenvalue weighted by Gasteiger charge is -2.18. The van der Waals surface area contributed by atoms with Crippen molar-refractivity contribution in [1.29, 1.82) is 0 Å². The van der Waals surface area contributed by atoms with Crippen molar-refractivity contribution >= 4 is 28.4 Å². The number of benzene rings is 1. The van der Waals surface area contributed by atoms with Crippen LogP contribution >= 0.6 is 0 Å². The maximum atomic E-state index is 12.1. The van der Waals surface area contributed by atoms with E-state index in [0.29, 0.717) is 25.2 Å². The van der Waals surface area contributed by atoms with Crippen LogP contribution in [0.2, 0.25) is 0 Å². The topological polar surface area (TPSA) is 54.3 Å². The fourth-order valence-electron chi connectivity index (χ4n) is 3.19. The molecule has 2 aromatic rings. The van der Waals surface area contributed by atoms with E-state index in [-0.39, 0.29) is 11.8 Å². The van der Waals surface area contributed by atoms with Crippen LogP contribution in [-0.4, -0.2) is 34.4 Å². The number of nitrogens with zero attached hydrogens (tertiary/aromatic N) is 2. The van der Waals surface area contributed by atoms with Gasteiger partial charge in [0.2, 0.25) is 11.8 Å². The van der Waals surface area contributed by atoms with Crippen LogP contribution in [0.4, 0.5) is 5.69 Å². The minimum absolute atomic E-state index is 0.0432. The average molecular weight is 357 g/mol. The van der Waals surface area contributed by atoms with E-state index in [1.54, 1.807) is 4.90 Å². The van der Waals surface area contributed by atoms with Crippen LogP contribution < -0.4 is 5.32 Å². The number of hydrogen-bond acceptors (Lipinski definition) is 2. The highest BCUT2D eigenvalue weighted by atomic mass is 16.2. The van der Waals surface area contributed by atoms with Gasteiger partial charge in [-0.05, 0) is 50.5 Å². The molecule has 142 valence electrons. The van der Waals surface area contributed by atoms with Crippen LogP contribution in [0.1, 0.15) is 47.0 Å². The van der Waals surface area contributed by atoms with Gasteiger partial charge < -0.3 is 14.8 Å². The first kappa shape index (κ1) is 20.0. The average Bonchev–Trinajstić information content (AvgIpc) is 2.97. The maximum Gasteiger partial charge on any atom is 0.224 e. The van der Waals surface area contributed by atoms with Crippen molar-refractivity contribution in [2.45, 2.75) is 53.5 Å². The highest BCUT2D eigenvalue weighted by Gasteiger charge is 2.11. The molecule has 0 aliphatic heterocycles. The van der Waals surface area contributed by atoms with Gasteiger partial charge in [-0.2, -0.15) is 0 Å². The SMILES string of the molecule is CCN(CC)C(=O)CCCC(=O)Nc1ccc2c(ccn2CC(C)C)c1. The number of rotatable bonds is 9. The normalized spacial score (nSPS) is 11.1. The molecule has 0 atom stereocenters. The Balaban J connectivity index is 1.88. The first-order chi connectivity index (χ1) is 12.4. The number of hydrogen-bond donors (Lipinski definition) is 1. The Morgan fingerprint density at radius 2 is 1.85 bits per heavy atom. The largest absolute Gasteiger partial charge is 0.347 e. The Morgan fingerprint density at radius 3 is 2.50 bits per heavy atom. The van der Waals surface area contributed by atoms with Crippen molar-refractivity contribution in [3.8, 4) is 0 Å². The van der Waals surface area contributed by atoms with E-state index in [0.717, 1.165) is 30.7 Å². The lowest BCUT2D eigenvalue weighted by atomic mass is 10.2. The molecule has 0 bridgehead atoms. The van der Waals surface area contributed by atoms with Crippen molar-refractivity contribution in [2.75, 3.05) is 18.4 Å². The summed E-state index contributed by atoms with van der Waals surface area (Å²) in [4.78, 5) is 25.9. The molecule has 1 aromatic carbocycles. The van der Waals surface area contributed by atoms with E-state index >= 15 is 0 Å². The van der Waals surface area contributed by atoms with Gasteiger partial charge in [0.25, 0.3) is 0 Å². The fraction of sp³-hybridized carbons (Fsp3) is 0.524. The quantitative estimate of drug-likeness (QED) is 0.728. The number of amides is 2. The third-order valence-electron chi connectivity index (χ3n) is 4.53. The minimum Gasteiger partial charge on any atom is -0.347 e. The van der Waals surface area contributed by atoms with Crippen LogP contribution in [-0.2, 0) is 16.1 Å². The molecule has 0 unspecified atom stereocenters. The second kappa shape index (κ2) is 9.41. The summed E-state index contributed by atoms with van der Waals surface area (Å²) in [6.45, 7) is 10.8. The molecule has 0 radical (unpaired) electrons. The van der Waals surface area contributed by atoms with E-state index in [1.165, 1.54) is 5.52 Å². The van der Waals surface area contributed by atoms with E-state index in [2.05, 4.69) is 42.1 Å². The van der Waals surface area contributed by atoms with Gasteiger partial charge >= 0.3 is 0 Å². The van der Waals surface area contributed by atoms with E-state index in [1.807, 2.05) is 26.0 Å². The van der Waals surface area contributed by atoms with Crippen LogP contribution in [0, 0.1) is 5.92 Å². The van der Waals surface area contributed by atoms with E-state index < -0.39 is 0 Å². The maximum absolute atomic E-state index is 12.1.